The van der Waals surface area contributed by atoms with Crippen LogP contribution in [0.4, 0.5) is 5.95 Å². The fourth-order valence-electron chi connectivity index (χ4n) is 2.29. The van der Waals surface area contributed by atoms with Crippen LogP contribution < -0.4 is 5.32 Å². The molecule has 2 N–H and O–H groups in total. The Morgan fingerprint density at radius 1 is 1.25 bits per heavy atom. The number of benzene rings is 1. The van der Waals surface area contributed by atoms with E-state index in [1.54, 1.807) is 0 Å². The van der Waals surface area contributed by atoms with Crippen molar-refractivity contribution in [2.24, 2.45) is 0 Å². The first-order chi connectivity index (χ1) is 9.83. The molecule has 0 bridgehead atoms. The Balaban J connectivity index is 1.44. The van der Waals surface area contributed by atoms with Gasteiger partial charge in [0, 0.05) is 25.5 Å². The Bertz CT molecular complexity index is 649. The molecule has 0 aliphatic carbocycles. The van der Waals surface area contributed by atoms with Crippen LogP contribution in [-0.2, 0) is 6.54 Å². The van der Waals surface area contributed by atoms with Crippen LogP contribution in [0.15, 0.2) is 36.7 Å². The Morgan fingerprint density at radius 2 is 2.15 bits per heavy atom. The average molecular weight is 269 g/mol. The number of nitrogens with one attached hydrogen (secondary N) is 2. The summed E-state index contributed by atoms with van der Waals surface area (Å²) in [7, 11) is 0. The van der Waals surface area contributed by atoms with Crippen LogP contribution >= 0.6 is 0 Å². The first-order valence-corrected chi connectivity index (χ1v) is 6.99. The minimum Gasteiger partial charge on any atom is -0.356 e. The van der Waals surface area contributed by atoms with Gasteiger partial charge in [-0.05, 0) is 31.9 Å². The lowest BCUT2D eigenvalue weighted by Gasteiger charge is -2.05. The zero-order valence-electron chi connectivity index (χ0n) is 11.6. The second-order valence-corrected chi connectivity index (χ2v) is 4.90. The first-order valence-electron chi connectivity index (χ1n) is 6.99. The highest BCUT2D eigenvalue weighted by atomic mass is 15.1. The molecule has 0 saturated heterocycles. The molecule has 3 aromatic rings. The van der Waals surface area contributed by atoms with Gasteiger partial charge >= 0.3 is 0 Å². The number of rotatable bonds is 6. The number of aryl methyl sites for hydroxylation is 2. The number of nitrogens with zero attached hydrogens (tertiary/aromatic N) is 3. The van der Waals surface area contributed by atoms with Gasteiger partial charge in [-0.3, -0.25) is 0 Å². The van der Waals surface area contributed by atoms with E-state index < -0.39 is 0 Å². The van der Waals surface area contributed by atoms with Crippen molar-refractivity contribution in [2.45, 2.75) is 26.3 Å². The summed E-state index contributed by atoms with van der Waals surface area (Å²) in [6.45, 7) is 3.98. The summed E-state index contributed by atoms with van der Waals surface area (Å²) in [4.78, 5) is 12.0. The van der Waals surface area contributed by atoms with Crippen molar-refractivity contribution >= 4 is 17.0 Å². The standard InChI is InChI=1S/C15H19N5/c1-12-16-9-11-20(12)10-5-4-8-17-15-18-13-6-2-3-7-14(13)19-15/h2-3,6-7,9,11H,4-5,8,10H2,1H3,(H2,17,18,19). The van der Waals surface area contributed by atoms with E-state index in [9.17, 15) is 0 Å². The monoisotopic (exact) mass is 269 g/mol. The zero-order valence-corrected chi connectivity index (χ0v) is 11.6. The van der Waals surface area contributed by atoms with Gasteiger partial charge in [-0.1, -0.05) is 12.1 Å². The van der Waals surface area contributed by atoms with Crippen molar-refractivity contribution < 1.29 is 0 Å². The van der Waals surface area contributed by atoms with Crippen molar-refractivity contribution in [1.29, 1.82) is 0 Å². The van der Waals surface area contributed by atoms with Gasteiger partial charge in [-0.15, -0.1) is 0 Å². The molecule has 104 valence electrons. The number of H-pyrrole nitrogens is 1. The van der Waals surface area contributed by atoms with E-state index in [1.807, 2.05) is 43.6 Å². The van der Waals surface area contributed by atoms with Crippen molar-refractivity contribution in [3.63, 3.8) is 0 Å². The third kappa shape index (κ3) is 2.82. The van der Waals surface area contributed by atoms with Gasteiger partial charge in [0.25, 0.3) is 0 Å². The van der Waals surface area contributed by atoms with Gasteiger partial charge in [-0.2, -0.15) is 0 Å². The minimum atomic E-state index is 0.852. The second kappa shape index (κ2) is 5.77. The van der Waals surface area contributed by atoms with Crippen molar-refractivity contribution in [3.8, 4) is 0 Å². The van der Waals surface area contributed by atoms with Gasteiger partial charge in [-0.25, -0.2) is 9.97 Å². The topological polar surface area (TPSA) is 58.5 Å². The van der Waals surface area contributed by atoms with E-state index in [0.29, 0.717) is 0 Å². The Labute approximate surface area is 118 Å². The molecule has 5 heteroatoms. The van der Waals surface area contributed by atoms with Crippen LogP contribution in [0.25, 0.3) is 11.0 Å². The fraction of sp³-hybridized carbons (Fsp3) is 0.333. The van der Waals surface area contributed by atoms with Crippen LogP contribution in [0.1, 0.15) is 18.7 Å². The SMILES string of the molecule is Cc1nccn1CCCCNc1nc2ccccc2[nH]1. The maximum Gasteiger partial charge on any atom is 0.201 e. The van der Waals surface area contributed by atoms with Crippen LogP contribution in [-0.4, -0.2) is 26.1 Å². The molecule has 0 saturated carbocycles. The highest BCUT2D eigenvalue weighted by Crippen LogP contribution is 2.13. The Hall–Kier alpha value is -2.30. The third-order valence-corrected chi connectivity index (χ3v) is 3.43. The lowest BCUT2D eigenvalue weighted by Crippen LogP contribution is -2.05. The fourth-order valence-corrected chi connectivity index (χ4v) is 2.29. The maximum atomic E-state index is 4.49. The zero-order chi connectivity index (χ0) is 13.8. The average Bonchev–Trinajstić information content (AvgIpc) is 3.04. The van der Waals surface area contributed by atoms with Gasteiger partial charge in [0.05, 0.1) is 11.0 Å². The lowest BCUT2D eigenvalue weighted by molar-refractivity contribution is 0.607. The van der Waals surface area contributed by atoms with E-state index in [4.69, 9.17) is 0 Å². The maximum absolute atomic E-state index is 4.49. The molecule has 0 spiro atoms. The van der Waals surface area contributed by atoms with Crippen LogP contribution in [0.2, 0.25) is 0 Å². The van der Waals surface area contributed by atoms with Gasteiger partial charge in [0.1, 0.15) is 5.82 Å². The molecule has 0 radical (unpaired) electrons. The third-order valence-electron chi connectivity index (χ3n) is 3.43. The highest BCUT2D eigenvalue weighted by Gasteiger charge is 2.01. The molecule has 5 nitrogen and oxygen atoms in total. The number of fused-ring (bicyclic) bond motifs is 1. The van der Waals surface area contributed by atoms with Gasteiger partial charge in [0.15, 0.2) is 0 Å². The van der Waals surface area contributed by atoms with Gasteiger partial charge < -0.3 is 14.9 Å². The largest absolute Gasteiger partial charge is 0.356 e. The summed E-state index contributed by atoms with van der Waals surface area (Å²) >= 11 is 0. The molecular formula is C15H19N5. The molecular weight excluding hydrogens is 250 g/mol. The van der Waals surface area contributed by atoms with Crippen molar-refractivity contribution in [2.75, 3.05) is 11.9 Å². The predicted octanol–water partition coefficient (Wildman–Crippen LogP) is 2.96. The van der Waals surface area contributed by atoms with E-state index in [1.165, 1.54) is 0 Å². The molecule has 0 atom stereocenters. The molecule has 0 aliphatic heterocycles. The molecule has 2 aromatic heterocycles. The molecule has 0 unspecified atom stereocenters. The predicted molar refractivity (Wildman–Crippen MR) is 80.8 cm³/mol. The summed E-state index contributed by atoms with van der Waals surface area (Å²) in [6.07, 6.45) is 6.11. The second-order valence-electron chi connectivity index (χ2n) is 4.90. The number of hydrogen-bond donors (Lipinski definition) is 2. The van der Waals surface area contributed by atoms with Crippen molar-refractivity contribution in [3.05, 3.63) is 42.5 Å². The first kappa shape index (κ1) is 12.7. The quantitative estimate of drug-likeness (QED) is 0.676. The molecule has 3 rings (SSSR count). The van der Waals surface area contributed by atoms with Gasteiger partial charge in [0.2, 0.25) is 5.95 Å². The van der Waals surface area contributed by atoms with E-state index in [0.717, 1.165) is 48.7 Å². The van der Waals surface area contributed by atoms with E-state index in [-0.39, 0.29) is 0 Å². The number of anilines is 1. The van der Waals surface area contributed by atoms with Crippen LogP contribution in [0.3, 0.4) is 0 Å². The number of aromatic amines is 1. The normalized spacial score (nSPS) is 11.1. The van der Waals surface area contributed by atoms with Crippen molar-refractivity contribution in [1.82, 2.24) is 19.5 Å². The lowest BCUT2D eigenvalue weighted by atomic mass is 10.3. The molecule has 0 fully saturated rings. The summed E-state index contributed by atoms with van der Waals surface area (Å²) in [5, 5.41) is 3.34. The summed E-state index contributed by atoms with van der Waals surface area (Å²) in [5.41, 5.74) is 2.08. The Morgan fingerprint density at radius 3 is 2.95 bits per heavy atom. The highest BCUT2D eigenvalue weighted by molar-refractivity contribution is 5.77. The number of unbranched alkanes of at least 4 members (excludes halogenated alkanes) is 1. The number of imidazole rings is 2. The summed E-state index contributed by atoms with van der Waals surface area (Å²) in [5.74, 6) is 1.93. The molecule has 0 aliphatic rings. The number of para-hydroxylation sites is 2. The minimum absolute atomic E-state index is 0.852. The molecule has 2 heterocycles. The number of aromatic nitrogens is 4. The summed E-state index contributed by atoms with van der Waals surface area (Å²) in [6, 6.07) is 8.06. The smallest absolute Gasteiger partial charge is 0.201 e. The molecule has 1 aromatic carbocycles. The van der Waals surface area contributed by atoms with E-state index in [2.05, 4.69) is 24.8 Å². The van der Waals surface area contributed by atoms with Crippen LogP contribution in [0, 0.1) is 6.92 Å². The molecule has 0 amide bonds. The van der Waals surface area contributed by atoms with E-state index >= 15 is 0 Å². The van der Waals surface area contributed by atoms with Crippen LogP contribution in [0.5, 0.6) is 0 Å². The number of hydrogen-bond acceptors (Lipinski definition) is 3. The summed E-state index contributed by atoms with van der Waals surface area (Å²) < 4.78 is 2.18. The Kier molecular flexibility index (Phi) is 3.67. The molecule has 20 heavy (non-hydrogen) atoms.